The van der Waals surface area contributed by atoms with Gasteiger partial charge in [0.25, 0.3) is 0 Å². The minimum Gasteiger partial charge on any atom is -0.465 e. The molecule has 1 saturated carbocycles. The number of hydrogen-bond acceptors (Lipinski definition) is 4. The predicted molar refractivity (Wildman–Crippen MR) is 87.4 cm³/mol. The van der Waals surface area contributed by atoms with Gasteiger partial charge >= 0.3 is 5.97 Å². The third-order valence-electron chi connectivity index (χ3n) is 4.25. The second-order valence-corrected chi connectivity index (χ2v) is 6.97. The van der Waals surface area contributed by atoms with E-state index in [1.807, 2.05) is 18.7 Å². The van der Waals surface area contributed by atoms with Gasteiger partial charge in [0.15, 0.2) is 0 Å². The Labute approximate surface area is 131 Å². The van der Waals surface area contributed by atoms with Crippen molar-refractivity contribution in [3.05, 3.63) is 29.8 Å². The van der Waals surface area contributed by atoms with Crippen LogP contribution in [0.4, 0.5) is 0 Å². The molecule has 2 atom stereocenters. The number of rotatable bonds is 6. The average Bonchev–Trinajstić information content (AvgIpc) is 2.82. The van der Waals surface area contributed by atoms with E-state index in [4.69, 9.17) is 10.5 Å². The Morgan fingerprint density at radius 1 is 1.52 bits per heavy atom. The van der Waals surface area contributed by atoms with Crippen molar-refractivity contribution in [2.45, 2.75) is 50.0 Å². The van der Waals surface area contributed by atoms with Crippen LogP contribution in [0.1, 0.15) is 38.2 Å². The van der Waals surface area contributed by atoms with E-state index < -0.39 is 5.54 Å². The van der Waals surface area contributed by atoms with Gasteiger partial charge in [-0.05, 0) is 56.9 Å². The zero-order valence-corrected chi connectivity index (χ0v) is 13.7. The summed E-state index contributed by atoms with van der Waals surface area (Å²) in [5.74, 6) is 1.02. The summed E-state index contributed by atoms with van der Waals surface area (Å²) in [6.07, 6.45) is 3.78. The molecule has 2 unspecified atom stereocenters. The molecule has 2 N–H and O–H groups in total. The van der Waals surface area contributed by atoms with Crippen LogP contribution in [-0.4, -0.2) is 23.9 Å². The summed E-state index contributed by atoms with van der Waals surface area (Å²) < 4.78 is 5.17. The first kappa shape index (κ1) is 16.4. The van der Waals surface area contributed by atoms with Crippen LogP contribution in [0, 0.1) is 12.8 Å². The largest absolute Gasteiger partial charge is 0.465 e. The molecule has 4 heteroatoms. The standard InChI is InChI=1S/C17H25NO2S/c1-3-20-16(19)17(18)10-5-7-14(17)9-11-21-15-8-4-6-13(2)12-15/h4,6,8,12,14H,3,5,7,9-11,18H2,1-2H3. The molecular formula is C17H25NO2S. The Kier molecular flexibility index (Phi) is 5.71. The van der Waals surface area contributed by atoms with Gasteiger partial charge in [-0.25, -0.2) is 0 Å². The molecule has 116 valence electrons. The maximum absolute atomic E-state index is 12.1. The minimum atomic E-state index is -0.761. The number of ether oxygens (including phenoxy) is 1. The van der Waals surface area contributed by atoms with Crippen molar-refractivity contribution in [1.29, 1.82) is 0 Å². The van der Waals surface area contributed by atoms with E-state index in [9.17, 15) is 4.79 Å². The molecule has 0 saturated heterocycles. The number of carbonyl (C=O) groups excluding carboxylic acids is 1. The van der Waals surface area contributed by atoms with Gasteiger partial charge in [0.05, 0.1) is 6.61 Å². The van der Waals surface area contributed by atoms with E-state index in [0.29, 0.717) is 6.61 Å². The van der Waals surface area contributed by atoms with Gasteiger partial charge in [0.1, 0.15) is 5.54 Å². The molecule has 21 heavy (non-hydrogen) atoms. The number of nitrogens with two attached hydrogens (primary N) is 1. The van der Waals surface area contributed by atoms with E-state index in [-0.39, 0.29) is 11.9 Å². The summed E-state index contributed by atoms with van der Waals surface area (Å²) in [6, 6.07) is 8.51. The fourth-order valence-corrected chi connectivity index (χ4v) is 4.15. The highest BCUT2D eigenvalue weighted by Gasteiger charge is 2.46. The number of carbonyl (C=O) groups is 1. The van der Waals surface area contributed by atoms with Crippen LogP contribution in [0.3, 0.4) is 0 Å². The number of aryl methyl sites for hydroxylation is 1. The van der Waals surface area contributed by atoms with E-state index in [2.05, 4.69) is 31.2 Å². The monoisotopic (exact) mass is 307 g/mol. The molecule has 1 aromatic rings. The SMILES string of the molecule is CCOC(=O)C1(N)CCCC1CCSc1cccc(C)c1. The summed E-state index contributed by atoms with van der Waals surface area (Å²) in [4.78, 5) is 13.4. The predicted octanol–water partition coefficient (Wildman–Crippen LogP) is 3.54. The van der Waals surface area contributed by atoms with Crippen molar-refractivity contribution >= 4 is 17.7 Å². The maximum atomic E-state index is 12.1. The zero-order chi connectivity index (χ0) is 15.3. The van der Waals surface area contributed by atoms with Crippen LogP contribution in [-0.2, 0) is 9.53 Å². The molecule has 0 heterocycles. The molecule has 0 bridgehead atoms. The number of thioether (sulfide) groups is 1. The summed E-state index contributed by atoms with van der Waals surface area (Å²) in [5, 5.41) is 0. The Morgan fingerprint density at radius 2 is 2.33 bits per heavy atom. The maximum Gasteiger partial charge on any atom is 0.326 e. The Balaban J connectivity index is 1.88. The Bertz CT molecular complexity index is 491. The lowest BCUT2D eigenvalue weighted by atomic mass is 9.86. The number of esters is 1. The summed E-state index contributed by atoms with van der Waals surface area (Å²) in [6.45, 7) is 4.34. The lowest BCUT2D eigenvalue weighted by molar-refractivity contribution is -0.151. The van der Waals surface area contributed by atoms with Crippen molar-refractivity contribution in [3.8, 4) is 0 Å². The molecule has 0 aliphatic heterocycles. The quantitative estimate of drug-likeness (QED) is 0.645. The van der Waals surface area contributed by atoms with E-state index in [1.165, 1.54) is 10.5 Å². The van der Waals surface area contributed by atoms with Crippen LogP contribution in [0.5, 0.6) is 0 Å². The second kappa shape index (κ2) is 7.32. The lowest BCUT2D eigenvalue weighted by Crippen LogP contribution is -2.52. The van der Waals surface area contributed by atoms with Crippen molar-refractivity contribution in [2.24, 2.45) is 11.7 Å². The van der Waals surface area contributed by atoms with Gasteiger partial charge < -0.3 is 10.5 Å². The third kappa shape index (κ3) is 4.01. The van der Waals surface area contributed by atoms with Crippen molar-refractivity contribution in [1.82, 2.24) is 0 Å². The zero-order valence-electron chi connectivity index (χ0n) is 12.9. The van der Waals surface area contributed by atoms with Crippen LogP contribution in [0.2, 0.25) is 0 Å². The minimum absolute atomic E-state index is 0.215. The van der Waals surface area contributed by atoms with Gasteiger partial charge in [0, 0.05) is 4.90 Å². The van der Waals surface area contributed by atoms with Crippen LogP contribution in [0.15, 0.2) is 29.2 Å². The van der Waals surface area contributed by atoms with Crippen LogP contribution in [0.25, 0.3) is 0 Å². The molecule has 1 aromatic carbocycles. The van der Waals surface area contributed by atoms with E-state index in [1.54, 1.807) is 0 Å². The first-order valence-corrected chi connectivity index (χ1v) is 8.70. The molecule has 0 amide bonds. The molecule has 0 aromatic heterocycles. The highest BCUT2D eigenvalue weighted by molar-refractivity contribution is 7.99. The number of hydrogen-bond donors (Lipinski definition) is 1. The van der Waals surface area contributed by atoms with Crippen LogP contribution >= 0.6 is 11.8 Å². The van der Waals surface area contributed by atoms with Crippen molar-refractivity contribution in [3.63, 3.8) is 0 Å². The molecule has 0 spiro atoms. The van der Waals surface area contributed by atoms with Gasteiger partial charge in [-0.1, -0.05) is 24.1 Å². The van der Waals surface area contributed by atoms with E-state index in [0.717, 1.165) is 31.4 Å². The first-order valence-electron chi connectivity index (χ1n) is 7.72. The first-order chi connectivity index (χ1) is 10.1. The van der Waals surface area contributed by atoms with Gasteiger partial charge in [-0.15, -0.1) is 11.8 Å². The highest BCUT2D eigenvalue weighted by atomic mass is 32.2. The number of benzene rings is 1. The van der Waals surface area contributed by atoms with Crippen molar-refractivity contribution < 1.29 is 9.53 Å². The molecule has 3 nitrogen and oxygen atoms in total. The third-order valence-corrected chi connectivity index (χ3v) is 5.28. The highest BCUT2D eigenvalue weighted by Crippen LogP contribution is 2.38. The fourth-order valence-electron chi connectivity index (χ4n) is 3.06. The lowest BCUT2D eigenvalue weighted by Gasteiger charge is -2.28. The van der Waals surface area contributed by atoms with Gasteiger partial charge in [-0.2, -0.15) is 0 Å². The van der Waals surface area contributed by atoms with E-state index >= 15 is 0 Å². The average molecular weight is 307 g/mol. The van der Waals surface area contributed by atoms with Crippen molar-refractivity contribution in [2.75, 3.05) is 12.4 Å². The van der Waals surface area contributed by atoms with Crippen LogP contribution < -0.4 is 5.73 Å². The molecule has 2 rings (SSSR count). The smallest absolute Gasteiger partial charge is 0.326 e. The van der Waals surface area contributed by atoms with Gasteiger partial charge in [0.2, 0.25) is 0 Å². The molecule has 1 aliphatic carbocycles. The topological polar surface area (TPSA) is 52.3 Å². The Hall–Kier alpha value is -1.00. The summed E-state index contributed by atoms with van der Waals surface area (Å²) in [5.41, 5.74) is 6.87. The molecule has 1 aliphatic rings. The molecule has 1 fully saturated rings. The second-order valence-electron chi connectivity index (χ2n) is 5.80. The normalized spacial score (nSPS) is 25.0. The Morgan fingerprint density at radius 3 is 3.05 bits per heavy atom. The van der Waals surface area contributed by atoms with Gasteiger partial charge in [-0.3, -0.25) is 4.79 Å². The molecule has 0 radical (unpaired) electrons. The fraction of sp³-hybridized carbons (Fsp3) is 0.588. The molecular weight excluding hydrogens is 282 g/mol. The summed E-state index contributed by atoms with van der Waals surface area (Å²) in [7, 11) is 0. The summed E-state index contributed by atoms with van der Waals surface area (Å²) >= 11 is 1.84.